The van der Waals surface area contributed by atoms with Crippen LogP contribution in [-0.4, -0.2) is 17.9 Å². The third kappa shape index (κ3) is 3.82. The molecule has 2 aromatic carbocycles. The fourth-order valence-corrected chi connectivity index (χ4v) is 2.84. The number of rotatable bonds is 3. The monoisotopic (exact) mass is 342 g/mol. The molecular weight excluding hydrogens is 331 g/mol. The van der Waals surface area contributed by atoms with Crippen molar-refractivity contribution < 1.29 is 4.79 Å². The van der Waals surface area contributed by atoms with Crippen LogP contribution < -0.4 is 5.73 Å². The number of nitrogens with zero attached hydrogens (tertiary/aromatic N) is 1. The van der Waals surface area contributed by atoms with Crippen molar-refractivity contribution in [1.29, 1.82) is 0 Å². The van der Waals surface area contributed by atoms with E-state index in [1.807, 2.05) is 0 Å². The van der Waals surface area contributed by atoms with E-state index in [9.17, 15) is 4.79 Å². The van der Waals surface area contributed by atoms with Crippen molar-refractivity contribution in [2.24, 2.45) is 0 Å². The number of hydrogen-bond acceptors (Lipinski definition) is 2. The minimum absolute atomic E-state index is 0.255. The standard InChI is InChI=1S/C15H13Cl3N2O/c1-20(8-9-5-10(16)7-11(17)6-9)15(21)14-12(18)3-2-4-13(14)19/h2-7H,8,19H2,1H3. The Morgan fingerprint density at radius 2 is 1.76 bits per heavy atom. The topological polar surface area (TPSA) is 46.3 Å². The van der Waals surface area contributed by atoms with E-state index in [2.05, 4.69) is 0 Å². The molecule has 0 atom stereocenters. The number of carbonyl (C=O) groups is 1. The number of amides is 1. The highest BCUT2D eigenvalue weighted by Gasteiger charge is 2.18. The third-order valence-corrected chi connectivity index (χ3v) is 3.70. The molecule has 0 unspecified atom stereocenters. The molecular formula is C15H13Cl3N2O. The number of nitrogens with two attached hydrogens (primary N) is 1. The Labute approximate surface area is 138 Å². The van der Waals surface area contributed by atoms with Crippen molar-refractivity contribution in [1.82, 2.24) is 4.90 Å². The maximum absolute atomic E-state index is 12.5. The number of benzene rings is 2. The summed E-state index contributed by atoms with van der Waals surface area (Å²) in [5.41, 5.74) is 7.31. The summed E-state index contributed by atoms with van der Waals surface area (Å²) in [6, 6.07) is 10.1. The van der Waals surface area contributed by atoms with E-state index in [4.69, 9.17) is 40.5 Å². The molecule has 0 aliphatic heterocycles. The van der Waals surface area contributed by atoms with Crippen LogP contribution in [-0.2, 0) is 6.54 Å². The van der Waals surface area contributed by atoms with Gasteiger partial charge in [0, 0.05) is 29.3 Å². The van der Waals surface area contributed by atoms with Gasteiger partial charge in [-0.1, -0.05) is 40.9 Å². The lowest BCUT2D eigenvalue weighted by Gasteiger charge is -2.19. The summed E-state index contributed by atoms with van der Waals surface area (Å²) in [4.78, 5) is 14.0. The minimum atomic E-state index is -0.255. The fourth-order valence-electron chi connectivity index (χ4n) is 2.01. The molecule has 0 aromatic heterocycles. The van der Waals surface area contributed by atoms with Crippen LogP contribution in [0.5, 0.6) is 0 Å². The Balaban J connectivity index is 2.24. The highest BCUT2D eigenvalue weighted by atomic mass is 35.5. The van der Waals surface area contributed by atoms with Crippen molar-refractivity contribution >= 4 is 46.4 Å². The molecule has 0 bridgehead atoms. The molecule has 0 aliphatic carbocycles. The van der Waals surface area contributed by atoms with Crippen molar-refractivity contribution in [3.63, 3.8) is 0 Å². The molecule has 0 aliphatic rings. The highest BCUT2D eigenvalue weighted by Crippen LogP contribution is 2.25. The van der Waals surface area contributed by atoms with E-state index in [-0.39, 0.29) is 5.91 Å². The van der Waals surface area contributed by atoms with Gasteiger partial charge >= 0.3 is 0 Å². The largest absolute Gasteiger partial charge is 0.398 e. The maximum Gasteiger partial charge on any atom is 0.257 e. The Hall–Kier alpha value is -1.42. The molecule has 21 heavy (non-hydrogen) atoms. The Kier molecular flexibility index (Phi) is 4.99. The predicted octanol–water partition coefficient (Wildman–Crippen LogP) is 4.50. The Bertz CT molecular complexity index is 648. The van der Waals surface area contributed by atoms with Gasteiger partial charge in [0.2, 0.25) is 0 Å². The highest BCUT2D eigenvalue weighted by molar-refractivity contribution is 6.35. The second-order valence-corrected chi connectivity index (χ2v) is 5.92. The first-order chi connectivity index (χ1) is 9.88. The van der Waals surface area contributed by atoms with Crippen LogP contribution >= 0.6 is 34.8 Å². The average molecular weight is 344 g/mol. The molecule has 2 rings (SSSR count). The zero-order chi connectivity index (χ0) is 15.6. The zero-order valence-electron chi connectivity index (χ0n) is 11.2. The number of nitrogen functional groups attached to an aromatic ring is 1. The quantitative estimate of drug-likeness (QED) is 0.834. The molecule has 6 heteroatoms. The molecule has 0 fully saturated rings. The minimum Gasteiger partial charge on any atom is -0.398 e. The van der Waals surface area contributed by atoms with Crippen LogP contribution in [0.3, 0.4) is 0 Å². The smallest absolute Gasteiger partial charge is 0.257 e. The van der Waals surface area contributed by atoms with Gasteiger partial charge < -0.3 is 10.6 Å². The molecule has 0 saturated heterocycles. The summed E-state index contributed by atoms with van der Waals surface area (Å²) in [5, 5.41) is 1.38. The SMILES string of the molecule is CN(Cc1cc(Cl)cc(Cl)c1)C(=O)c1c(N)cccc1Cl. The summed E-state index contributed by atoms with van der Waals surface area (Å²) in [7, 11) is 1.67. The first-order valence-corrected chi connectivity index (χ1v) is 7.26. The van der Waals surface area contributed by atoms with Gasteiger partial charge in [-0.3, -0.25) is 4.79 Å². The summed E-state index contributed by atoms with van der Waals surface area (Å²) >= 11 is 18.0. The van der Waals surface area contributed by atoms with E-state index < -0.39 is 0 Å². The summed E-state index contributed by atoms with van der Waals surface area (Å²) in [5.74, 6) is -0.255. The summed E-state index contributed by atoms with van der Waals surface area (Å²) < 4.78 is 0. The van der Waals surface area contributed by atoms with Crippen LogP contribution in [0.15, 0.2) is 36.4 Å². The molecule has 0 heterocycles. The van der Waals surface area contributed by atoms with Crippen LogP contribution in [0.2, 0.25) is 15.1 Å². The van der Waals surface area contributed by atoms with Gasteiger partial charge in [-0.05, 0) is 35.9 Å². The second kappa shape index (κ2) is 6.56. The van der Waals surface area contributed by atoms with Crippen molar-refractivity contribution in [3.05, 3.63) is 62.6 Å². The fraction of sp³-hybridized carbons (Fsp3) is 0.133. The van der Waals surface area contributed by atoms with Gasteiger partial charge in [0.1, 0.15) is 0 Å². The summed E-state index contributed by atoms with van der Waals surface area (Å²) in [6.45, 7) is 0.351. The average Bonchev–Trinajstić information content (AvgIpc) is 2.36. The third-order valence-electron chi connectivity index (χ3n) is 2.95. The van der Waals surface area contributed by atoms with Gasteiger partial charge in [-0.25, -0.2) is 0 Å². The lowest BCUT2D eigenvalue weighted by atomic mass is 10.1. The van der Waals surface area contributed by atoms with Gasteiger partial charge in [0.05, 0.1) is 10.6 Å². The second-order valence-electron chi connectivity index (χ2n) is 4.64. The lowest BCUT2D eigenvalue weighted by Crippen LogP contribution is -2.27. The van der Waals surface area contributed by atoms with E-state index in [0.717, 1.165) is 5.56 Å². The number of anilines is 1. The van der Waals surface area contributed by atoms with E-state index in [0.29, 0.717) is 32.9 Å². The Morgan fingerprint density at radius 1 is 1.14 bits per heavy atom. The molecule has 0 radical (unpaired) electrons. The molecule has 3 nitrogen and oxygen atoms in total. The maximum atomic E-state index is 12.5. The lowest BCUT2D eigenvalue weighted by molar-refractivity contribution is 0.0786. The number of carbonyl (C=O) groups excluding carboxylic acids is 1. The number of halogens is 3. The molecule has 0 spiro atoms. The van der Waals surface area contributed by atoms with Crippen molar-refractivity contribution in [3.8, 4) is 0 Å². The molecule has 2 N–H and O–H groups in total. The first-order valence-electron chi connectivity index (χ1n) is 6.13. The van der Waals surface area contributed by atoms with E-state index in [1.165, 1.54) is 4.90 Å². The first kappa shape index (κ1) is 16.0. The molecule has 0 saturated carbocycles. The predicted molar refractivity (Wildman–Crippen MR) is 88.1 cm³/mol. The normalized spacial score (nSPS) is 10.5. The molecule has 2 aromatic rings. The van der Waals surface area contributed by atoms with Gasteiger partial charge in [0.15, 0.2) is 0 Å². The Morgan fingerprint density at radius 3 is 2.33 bits per heavy atom. The van der Waals surface area contributed by atoms with Crippen LogP contribution in [0, 0.1) is 0 Å². The zero-order valence-corrected chi connectivity index (χ0v) is 13.5. The molecule has 1 amide bonds. The number of hydrogen-bond donors (Lipinski definition) is 1. The van der Waals surface area contributed by atoms with Crippen LogP contribution in [0.1, 0.15) is 15.9 Å². The van der Waals surface area contributed by atoms with Crippen molar-refractivity contribution in [2.45, 2.75) is 6.54 Å². The van der Waals surface area contributed by atoms with E-state index >= 15 is 0 Å². The molecule has 110 valence electrons. The van der Waals surface area contributed by atoms with Crippen LogP contribution in [0.25, 0.3) is 0 Å². The van der Waals surface area contributed by atoms with Gasteiger partial charge in [0.25, 0.3) is 5.91 Å². The van der Waals surface area contributed by atoms with E-state index in [1.54, 1.807) is 43.4 Å². The summed E-state index contributed by atoms with van der Waals surface area (Å²) in [6.07, 6.45) is 0. The van der Waals surface area contributed by atoms with Crippen LogP contribution in [0.4, 0.5) is 5.69 Å². The van der Waals surface area contributed by atoms with Gasteiger partial charge in [-0.2, -0.15) is 0 Å². The van der Waals surface area contributed by atoms with Crippen molar-refractivity contribution in [2.75, 3.05) is 12.8 Å². The van der Waals surface area contributed by atoms with Gasteiger partial charge in [-0.15, -0.1) is 0 Å².